The predicted molar refractivity (Wildman–Crippen MR) is 49.0 cm³/mol. The van der Waals surface area contributed by atoms with Gasteiger partial charge in [0.05, 0.1) is 0 Å². The minimum Gasteiger partial charge on any atom is -0.172 e. The van der Waals surface area contributed by atoms with Gasteiger partial charge >= 0.3 is 0 Å². The largest absolute Gasteiger partial charge is 0.172 e. The molecule has 0 radical (unpaired) electrons. The molecule has 0 spiro atoms. The highest BCUT2D eigenvalue weighted by Gasteiger charge is 2.20. The second-order valence-electron chi connectivity index (χ2n) is 2.36. The molecule has 0 aromatic rings. The first-order valence-corrected chi connectivity index (χ1v) is 11.8. The first kappa shape index (κ1) is 7.34. The topological polar surface area (TPSA) is 0 Å². The van der Waals surface area contributed by atoms with Crippen molar-refractivity contribution in [3.05, 3.63) is 0 Å². The molecule has 0 aliphatic carbocycles. The van der Waals surface area contributed by atoms with E-state index in [1.807, 2.05) is 0 Å². The van der Waals surface area contributed by atoms with Crippen LogP contribution >= 0.6 is 22.2 Å². The summed E-state index contributed by atoms with van der Waals surface area (Å²) in [5.74, 6) is 0. The monoisotopic (exact) mass is 200 g/mol. The highest BCUT2D eigenvalue weighted by molar-refractivity contribution is 7.24. The zero-order chi connectivity index (χ0) is 5.98. The second-order valence-corrected chi connectivity index (χ2v) is 15.7. The van der Waals surface area contributed by atoms with Gasteiger partial charge in [-0.05, 0) is 5.67 Å². The Bertz CT molecular complexity index is 70.9. The molecule has 1 fully saturated rings. The lowest BCUT2D eigenvalue weighted by Gasteiger charge is -2.16. The van der Waals surface area contributed by atoms with E-state index in [-0.39, 0.29) is 9.52 Å². The summed E-state index contributed by atoms with van der Waals surface area (Å²) >= 11 is 12.1. The maximum atomic E-state index is 6.04. The Balaban J connectivity index is 2.23. The third-order valence-corrected chi connectivity index (χ3v) is 21.1. The molecule has 0 aromatic carbocycles. The molecule has 2 unspecified atom stereocenters. The van der Waals surface area contributed by atoms with Crippen molar-refractivity contribution in [2.45, 2.75) is 17.0 Å². The standard InChI is InChI=1S/C3H10Cl2Si3/c4-7-1-6-2-8(5)3-7/h7-8H,1-3,6H2. The Morgan fingerprint density at radius 3 is 1.88 bits per heavy atom. The van der Waals surface area contributed by atoms with E-state index in [4.69, 9.17) is 22.2 Å². The summed E-state index contributed by atoms with van der Waals surface area (Å²) in [6.45, 7) is 0. The molecule has 2 atom stereocenters. The lowest BCUT2D eigenvalue weighted by Crippen LogP contribution is -2.25. The molecule has 48 valence electrons. The third-order valence-electron chi connectivity index (χ3n) is 1.55. The van der Waals surface area contributed by atoms with Gasteiger partial charge in [-0.1, -0.05) is 11.3 Å². The van der Waals surface area contributed by atoms with Crippen molar-refractivity contribution in [2.24, 2.45) is 0 Å². The summed E-state index contributed by atoms with van der Waals surface area (Å²) in [7, 11) is -1.10. The van der Waals surface area contributed by atoms with Gasteiger partial charge in [0, 0.05) is 9.52 Å². The molecule has 1 aliphatic heterocycles. The zero-order valence-electron chi connectivity index (χ0n) is 4.74. The van der Waals surface area contributed by atoms with Crippen LogP contribution in [-0.2, 0) is 0 Å². The molecule has 0 aromatic heterocycles. The summed E-state index contributed by atoms with van der Waals surface area (Å²) < 4.78 is 0. The number of halogens is 2. The highest BCUT2D eigenvalue weighted by atomic mass is 35.6. The fourth-order valence-corrected chi connectivity index (χ4v) is 23.5. The molecule has 0 amide bonds. The van der Waals surface area contributed by atoms with Gasteiger partial charge in [-0.2, -0.15) is 22.2 Å². The van der Waals surface area contributed by atoms with Crippen molar-refractivity contribution < 1.29 is 0 Å². The molecule has 0 N–H and O–H groups in total. The van der Waals surface area contributed by atoms with Crippen LogP contribution in [0, 0.1) is 0 Å². The van der Waals surface area contributed by atoms with Crippen LogP contribution in [0.25, 0.3) is 0 Å². The van der Waals surface area contributed by atoms with Crippen LogP contribution < -0.4 is 0 Å². The van der Waals surface area contributed by atoms with Crippen molar-refractivity contribution in [3.63, 3.8) is 0 Å². The molecule has 0 bridgehead atoms. The zero-order valence-corrected chi connectivity index (χ0v) is 9.97. The van der Waals surface area contributed by atoms with Gasteiger partial charge < -0.3 is 0 Å². The molecule has 1 saturated heterocycles. The van der Waals surface area contributed by atoms with Crippen molar-refractivity contribution in [2.75, 3.05) is 0 Å². The van der Waals surface area contributed by atoms with E-state index >= 15 is 0 Å². The van der Waals surface area contributed by atoms with Gasteiger partial charge in [0.15, 0.2) is 0 Å². The Morgan fingerprint density at radius 1 is 1.12 bits per heavy atom. The van der Waals surface area contributed by atoms with Crippen LogP contribution in [0.1, 0.15) is 0 Å². The first-order chi connectivity index (χ1) is 3.79. The predicted octanol–water partition coefficient (Wildman–Crippen LogP) is 0.548. The fraction of sp³-hybridized carbons (Fsp3) is 1.00. The molecule has 1 rings (SSSR count). The number of hydrogen-bond acceptors (Lipinski definition) is 0. The molecule has 0 saturated carbocycles. The maximum Gasteiger partial charge on any atom is 0.136 e. The van der Waals surface area contributed by atoms with Gasteiger partial charge in [0.2, 0.25) is 0 Å². The van der Waals surface area contributed by atoms with E-state index < -0.39 is 16.2 Å². The van der Waals surface area contributed by atoms with Crippen molar-refractivity contribution in [1.29, 1.82) is 0 Å². The molecular formula is C3H10Cl2Si3. The average molecular weight is 201 g/mol. The Kier molecular flexibility index (Phi) is 3.13. The first-order valence-electron chi connectivity index (χ1n) is 3.07. The lowest BCUT2D eigenvalue weighted by molar-refractivity contribution is 1.67. The summed E-state index contributed by atoms with van der Waals surface area (Å²) in [4.78, 5) is 0. The Morgan fingerprint density at radius 2 is 1.62 bits per heavy atom. The van der Waals surface area contributed by atoms with Gasteiger partial charge in [-0.3, -0.25) is 0 Å². The average Bonchev–Trinajstić information content (AvgIpc) is 1.64. The van der Waals surface area contributed by atoms with Gasteiger partial charge in [0.1, 0.15) is 16.2 Å². The Hall–Kier alpha value is 1.23. The Labute approximate surface area is 65.0 Å². The molecular weight excluding hydrogens is 191 g/mol. The number of rotatable bonds is 0. The molecule has 1 aliphatic rings. The molecule has 0 nitrogen and oxygen atoms in total. The van der Waals surface area contributed by atoms with Crippen LogP contribution in [0.5, 0.6) is 0 Å². The smallest absolute Gasteiger partial charge is 0.136 e. The van der Waals surface area contributed by atoms with Crippen LogP contribution in [-0.4, -0.2) is 25.7 Å². The minimum absolute atomic E-state index is 0.273. The van der Waals surface area contributed by atoms with E-state index in [2.05, 4.69) is 0 Å². The van der Waals surface area contributed by atoms with E-state index in [1.165, 1.54) is 17.0 Å². The fourth-order valence-electron chi connectivity index (χ4n) is 1.07. The summed E-state index contributed by atoms with van der Waals surface area (Å²) in [5.41, 5.74) is 4.26. The minimum atomic E-state index is -0.689. The van der Waals surface area contributed by atoms with Crippen LogP contribution in [0.15, 0.2) is 0 Å². The molecule has 8 heavy (non-hydrogen) atoms. The van der Waals surface area contributed by atoms with Gasteiger partial charge in [0.25, 0.3) is 0 Å². The quantitative estimate of drug-likeness (QED) is 0.396. The SMILES string of the molecule is Cl[SiH]1C[SiH2]C[SiH](Cl)C1. The van der Waals surface area contributed by atoms with Crippen molar-refractivity contribution >= 4 is 47.9 Å². The van der Waals surface area contributed by atoms with E-state index in [9.17, 15) is 0 Å². The summed E-state index contributed by atoms with van der Waals surface area (Å²) in [6.07, 6.45) is 0. The summed E-state index contributed by atoms with van der Waals surface area (Å²) in [6, 6.07) is 0. The second kappa shape index (κ2) is 3.41. The molecule has 5 heteroatoms. The van der Waals surface area contributed by atoms with Crippen LogP contribution in [0.3, 0.4) is 0 Å². The van der Waals surface area contributed by atoms with E-state index in [1.54, 1.807) is 0 Å². The van der Waals surface area contributed by atoms with Crippen molar-refractivity contribution in [1.82, 2.24) is 0 Å². The van der Waals surface area contributed by atoms with Gasteiger partial charge in [-0.25, -0.2) is 0 Å². The maximum absolute atomic E-state index is 6.04. The normalized spacial score (nSPS) is 42.8. The lowest BCUT2D eigenvalue weighted by atomic mass is 11.8. The van der Waals surface area contributed by atoms with E-state index in [0.717, 1.165) is 0 Å². The van der Waals surface area contributed by atoms with Gasteiger partial charge in [-0.15, -0.1) is 0 Å². The number of hydrogen-bond donors (Lipinski definition) is 0. The van der Waals surface area contributed by atoms with Crippen LogP contribution in [0.2, 0.25) is 17.0 Å². The van der Waals surface area contributed by atoms with E-state index in [0.29, 0.717) is 0 Å². The van der Waals surface area contributed by atoms with Crippen LogP contribution in [0.4, 0.5) is 0 Å². The highest BCUT2D eigenvalue weighted by Crippen LogP contribution is 2.18. The molecule has 1 heterocycles. The summed E-state index contributed by atoms with van der Waals surface area (Å²) in [5, 5.41) is 0. The third kappa shape index (κ3) is 2.23. The van der Waals surface area contributed by atoms with Crippen molar-refractivity contribution in [3.8, 4) is 0 Å².